The first-order valence-electron chi connectivity index (χ1n) is 8.47. The fourth-order valence-electron chi connectivity index (χ4n) is 2.97. The molecule has 0 radical (unpaired) electrons. The van der Waals surface area contributed by atoms with Crippen molar-refractivity contribution in [3.8, 4) is 5.75 Å². The number of ether oxygens (including phenoxy) is 3. The van der Waals surface area contributed by atoms with Crippen LogP contribution in [0.25, 0.3) is 0 Å². The van der Waals surface area contributed by atoms with Gasteiger partial charge in [0, 0.05) is 25.2 Å². The van der Waals surface area contributed by atoms with Crippen molar-refractivity contribution in [3.05, 3.63) is 29.8 Å². The summed E-state index contributed by atoms with van der Waals surface area (Å²) in [6.07, 6.45) is 0.442. The number of aliphatic hydroxyl groups excluding tert-OH is 1. The van der Waals surface area contributed by atoms with Gasteiger partial charge in [0.2, 0.25) is 0 Å². The molecule has 1 aromatic rings. The highest BCUT2D eigenvalue weighted by atomic mass is 16.7. The molecule has 2 rings (SSSR count). The highest BCUT2D eigenvalue weighted by Gasteiger charge is 2.41. The Morgan fingerprint density at radius 3 is 2.62 bits per heavy atom. The van der Waals surface area contributed by atoms with Gasteiger partial charge in [-0.05, 0) is 31.5 Å². The smallest absolute Gasteiger partial charge is 0.162 e. The van der Waals surface area contributed by atoms with Crippen LogP contribution in [0.5, 0.6) is 5.75 Å². The Morgan fingerprint density at radius 1 is 1.38 bits per heavy atom. The third-order valence-electron chi connectivity index (χ3n) is 4.76. The van der Waals surface area contributed by atoms with E-state index in [1.807, 2.05) is 38.1 Å². The van der Waals surface area contributed by atoms with Gasteiger partial charge in [0.25, 0.3) is 0 Å². The molecule has 0 saturated carbocycles. The van der Waals surface area contributed by atoms with Gasteiger partial charge in [-0.15, -0.1) is 0 Å². The SMILES string of the molecule is COc1ccc(C[C@H]2OCC[C@@](C)([C@@H](C)C(=O)C[C@H](C)O)O2)cc1. The number of hydrogen-bond donors (Lipinski definition) is 1. The van der Waals surface area contributed by atoms with Gasteiger partial charge in [0.1, 0.15) is 11.5 Å². The molecule has 5 nitrogen and oxygen atoms in total. The largest absolute Gasteiger partial charge is 0.497 e. The van der Waals surface area contributed by atoms with Gasteiger partial charge in [0.15, 0.2) is 6.29 Å². The zero-order valence-electron chi connectivity index (χ0n) is 15.0. The molecule has 1 N–H and O–H groups in total. The van der Waals surface area contributed by atoms with E-state index in [9.17, 15) is 9.90 Å². The molecule has 0 amide bonds. The van der Waals surface area contributed by atoms with Crippen molar-refractivity contribution in [2.45, 2.75) is 58.0 Å². The average Bonchev–Trinajstić information content (AvgIpc) is 2.54. The van der Waals surface area contributed by atoms with Crippen LogP contribution in [-0.2, 0) is 20.7 Å². The zero-order valence-corrected chi connectivity index (χ0v) is 15.0. The molecule has 0 bridgehead atoms. The molecule has 0 unspecified atom stereocenters. The first-order valence-corrected chi connectivity index (χ1v) is 8.47. The lowest BCUT2D eigenvalue weighted by molar-refractivity contribution is -0.261. The normalized spacial score (nSPS) is 26.6. The second-order valence-corrected chi connectivity index (χ2v) is 6.77. The lowest BCUT2D eigenvalue weighted by Crippen LogP contribution is -2.49. The molecule has 1 heterocycles. The van der Waals surface area contributed by atoms with E-state index in [-0.39, 0.29) is 24.4 Å². The molecule has 134 valence electrons. The Labute approximate surface area is 143 Å². The second kappa shape index (κ2) is 8.10. The maximum Gasteiger partial charge on any atom is 0.162 e. The maximum atomic E-state index is 12.3. The Morgan fingerprint density at radius 2 is 2.04 bits per heavy atom. The van der Waals surface area contributed by atoms with E-state index < -0.39 is 11.7 Å². The van der Waals surface area contributed by atoms with Gasteiger partial charge in [-0.3, -0.25) is 4.79 Å². The number of benzene rings is 1. The summed E-state index contributed by atoms with van der Waals surface area (Å²) < 4.78 is 17.0. The van der Waals surface area contributed by atoms with Crippen LogP contribution in [0.4, 0.5) is 0 Å². The summed E-state index contributed by atoms with van der Waals surface area (Å²) in [7, 11) is 1.64. The summed E-state index contributed by atoms with van der Waals surface area (Å²) in [5.41, 5.74) is 0.523. The van der Waals surface area contributed by atoms with E-state index in [1.54, 1.807) is 14.0 Å². The third kappa shape index (κ3) is 4.79. The van der Waals surface area contributed by atoms with E-state index in [2.05, 4.69) is 0 Å². The maximum absolute atomic E-state index is 12.3. The van der Waals surface area contributed by atoms with E-state index in [0.717, 1.165) is 11.3 Å². The second-order valence-electron chi connectivity index (χ2n) is 6.77. The molecule has 0 spiro atoms. The van der Waals surface area contributed by atoms with Crippen molar-refractivity contribution in [2.75, 3.05) is 13.7 Å². The number of aliphatic hydroxyl groups is 1. The number of carbonyl (C=O) groups excluding carboxylic acids is 1. The fraction of sp³-hybridized carbons (Fsp3) is 0.632. The predicted octanol–water partition coefficient (Wildman–Crippen LogP) is 2.74. The van der Waals surface area contributed by atoms with Crippen molar-refractivity contribution in [2.24, 2.45) is 5.92 Å². The van der Waals surface area contributed by atoms with Gasteiger partial charge in [0.05, 0.1) is 25.4 Å². The summed E-state index contributed by atoms with van der Waals surface area (Å²) >= 11 is 0. The van der Waals surface area contributed by atoms with Gasteiger partial charge in [-0.2, -0.15) is 0 Å². The first-order chi connectivity index (χ1) is 11.3. The highest BCUT2D eigenvalue weighted by molar-refractivity contribution is 5.82. The number of carbonyl (C=O) groups is 1. The highest BCUT2D eigenvalue weighted by Crippen LogP contribution is 2.33. The minimum Gasteiger partial charge on any atom is -0.497 e. The molecule has 24 heavy (non-hydrogen) atoms. The van der Waals surface area contributed by atoms with Gasteiger partial charge >= 0.3 is 0 Å². The lowest BCUT2D eigenvalue weighted by atomic mass is 9.82. The quantitative estimate of drug-likeness (QED) is 0.829. The standard InChI is InChI=1S/C19H28O5/c1-13(20)11-17(21)14(2)19(3)9-10-23-18(24-19)12-15-5-7-16(22-4)8-6-15/h5-8,13-14,18,20H,9-12H2,1-4H3/t13-,14-,18-,19-/m0/s1. The Balaban J connectivity index is 2.00. The van der Waals surface area contributed by atoms with Crippen LogP contribution < -0.4 is 4.74 Å². The minimum absolute atomic E-state index is 0.0256. The van der Waals surface area contributed by atoms with Gasteiger partial charge < -0.3 is 19.3 Å². The van der Waals surface area contributed by atoms with Crippen molar-refractivity contribution in [1.29, 1.82) is 0 Å². The van der Waals surface area contributed by atoms with Gasteiger partial charge in [-0.1, -0.05) is 19.1 Å². The Hall–Kier alpha value is -1.43. The molecule has 1 aliphatic heterocycles. The van der Waals surface area contributed by atoms with Crippen molar-refractivity contribution >= 4 is 5.78 Å². The molecule has 1 aliphatic rings. The molecule has 1 aromatic carbocycles. The van der Waals surface area contributed by atoms with Crippen LogP contribution in [0, 0.1) is 5.92 Å². The summed E-state index contributed by atoms with van der Waals surface area (Å²) in [5, 5.41) is 9.45. The molecule has 5 heteroatoms. The number of rotatable bonds is 7. The van der Waals surface area contributed by atoms with Crippen LogP contribution in [0.2, 0.25) is 0 Å². The minimum atomic E-state index is -0.626. The average molecular weight is 336 g/mol. The topological polar surface area (TPSA) is 65.0 Å². The van der Waals surface area contributed by atoms with E-state index >= 15 is 0 Å². The molecule has 1 saturated heterocycles. The molecule has 4 atom stereocenters. The Bertz CT molecular complexity index is 539. The number of methoxy groups -OCH3 is 1. The first kappa shape index (κ1) is 18.9. The monoisotopic (exact) mass is 336 g/mol. The summed E-state index contributed by atoms with van der Waals surface area (Å²) in [4.78, 5) is 12.3. The van der Waals surface area contributed by atoms with Crippen LogP contribution in [0.3, 0.4) is 0 Å². The summed E-state index contributed by atoms with van der Waals surface area (Å²) in [5.74, 6) is 0.554. The van der Waals surface area contributed by atoms with Crippen molar-refractivity contribution in [1.82, 2.24) is 0 Å². The molecule has 0 aromatic heterocycles. The lowest BCUT2D eigenvalue weighted by Gasteiger charge is -2.42. The summed E-state index contributed by atoms with van der Waals surface area (Å²) in [6.45, 7) is 6.02. The van der Waals surface area contributed by atoms with E-state index in [4.69, 9.17) is 14.2 Å². The molecule has 0 aliphatic carbocycles. The number of Topliss-reactive ketones (excluding diaryl/α,β-unsaturated/α-hetero) is 1. The third-order valence-corrected chi connectivity index (χ3v) is 4.76. The molecule has 1 fully saturated rings. The fourth-order valence-corrected chi connectivity index (χ4v) is 2.97. The van der Waals surface area contributed by atoms with Crippen LogP contribution in [0.15, 0.2) is 24.3 Å². The molecular weight excluding hydrogens is 308 g/mol. The van der Waals surface area contributed by atoms with E-state index in [0.29, 0.717) is 19.4 Å². The number of ketones is 1. The molecular formula is C19H28O5. The zero-order chi connectivity index (χ0) is 17.7. The van der Waals surface area contributed by atoms with Crippen molar-refractivity contribution < 1.29 is 24.1 Å². The predicted molar refractivity (Wildman–Crippen MR) is 91.0 cm³/mol. The van der Waals surface area contributed by atoms with Gasteiger partial charge in [-0.25, -0.2) is 0 Å². The van der Waals surface area contributed by atoms with Crippen molar-refractivity contribution in [3.63, 3.8) is 0 Å². The van der Waals surface area contributed by atoms with Crippen LogP contribution >= 0.6 is 0 Å². The Kier molecular flexibility index (Phi) is 6.38. The summed E-state index contributed by atoms with van der Waals surface area (Å²) in [6, 6.07) is 7.79. The number of hydrogen-bond acceptors (Lipinski definition) is 5. The van der Waals surface area contributed by atoms with Crippen LogP contribution in [-0.4, -0.2) is 42.6 Å². The van der Waals surface area contributed by atoms with Crippen LogP contribution in [0.1, 0.15) is 39.2 Å². The van der Waals surface area contributed by atoms with E-state index in [1.165, 1.54) is 0 Å².